The molecule has 4 rings (SSSR count). The van der Waals surface area contributed by atoms with Gasteiger partial charge < -0.3 is 24.2 Å². The molecule has 9 nitrogen and oxygen atoms in total. The maximum atomic E-state index is 13.0. The normalized spacial score (nSPS) is 19.1. The highest BCUT2D eigenvalue weighted by Gasteiger charge is 2.51. The summed E-state index contributed by atoms with van der Waals surface area (Å²) in [6.07, 6.45) is 0. The van der Waals surface area contributed by atoms with Crippen molar-refractivity contribution < 1.29 is 33.3 Å². The molecule has 29 heavy (non-hydrogen) atoms. The van der Waals surface area contributed by atoms with E-state index in [2.05, 4.69) is 0 Å². The van der Waals surface area contributed by atoms with E-state index in [1.807, 2.05) is 0 Å². The van der Waals surface area contributed by atoms with Gasteiger partial charge in [-0.2, -0.15) is 0 Å². The van der Waals surface area contributed by atoms with Crippen molar-refractivity contribution in [1.82, 2.24) is 4.57 Å². The molecule has 0 bridgehead atoms. The van der Waals surface area contributed by atoms with Crippen LogP contribution < -0.4 is 14.2 Å². The second-order valence-electron chi connectivity index (χ2n) is 7.69. The molecule has 0 N–H and O–H groups in total. The second-order valence-corrected chi connectivity index (χ2v) is 7.69. The van der Waals surface area contributed by atoms with Crippen molar-refractivity contribution >= 4 is 11.9 Å². The van der Waals surface area contributed by atoms with E-state index < -0.39 is 29.6 Å². The number of aromatic nitrogens is 2. The lowest BCUT2D eigenvalue weighted by Gasteiger charge is -2.35. The number of nitrogens with zero attached hydrogens (tertiary/aromatic N) is 2. The number of esters is 2. The Labute approximate surface area is 167 Å². The van der Waals surface area contributed by atoms with Gasteiger partial charge in [0.1, 0.15) is 17.3 Å². The van der Waals surface area contributed by atoms with Crippen LogP contribution in [0.4, 0.5) is 0 Å². The summed E-state index contributed by atoms with van der Waals surface area (Å²) in [5.74, 6) is -3.86. The Hall–Kier alpha value is -3.23. The Balaban J connectivity index is 1.90. The highest BCUT2D eigenvalue weighted by molar-refractivity contribution is 5.98. The van der Waals surface area contributed by atoms with Crippen molar-refractivity contribution in [2.24, 2.45) is 13.0 Å². The number of fused-ring (bicyclic) bond motifs is 1. The fraction of sp³-hybridized carbons (Fsp3) is 0.450. The molecule has 154 valence electrons. The highest BCUT2D eigenvalue weighted by Crippen LogP contribution is 2.41. The number of hydrogen-bond acceptors (Lipinski definition) is 7. The maximum absolute atomic E-state index is 13.0. The molecule has 2 aromatic rings. The summed E-state index contributed by atoms with van der Waals surface area (Å²) in [5, 5.41) is 13.0. The highest BCUT2D eigenvalue weighted by atomic mass is 16.7. The van der Waals surface area contributed by atoms with Crippen molar-refractivity contribution in [1.29, 1.82) is 0 Å². The van der Waals surface area contributed by atoms with E-state index in [9.17, 15) is 14.8 Å². The first kappa shape index (κ1) is 19.1. The molecule has 9 heteroatoms. The molecule has 2 aliphatic heterocycles. The van der Waals surface area contributed by atoms with Crippen molar-refractivity contribution in [3.8, 4) is 11.5 Å². The zero-order valence-corrected chi connectivity index (χ0v) is 16.8. The predicted molar refractivity (Wildman–Crippen MR) is 98.0 cm³/mol. The van der Waals surface area contributed by atoms with E-state index in [0.717, 1.165) is 10.4 Å². The first-order chi connectivity index (χ1) is 13.6. The molecule has 0 aliphatic carbocycles. The van der Waals surface area contributed by atoms with Gasteiger partial charge in [-0.25, -0.2) is 9.30 Å². The lowest BCUT2D eigenvalue weighted by molar-refractivity contribution is -0.621. The van der Waals surface area contributed by atoms with Crippen molar-refractivity contribution in [3.05, 3.63) is 46.2 Å². The van der Waals surface area contributed by atoms with Gasteiger partial charge in [-0.1, -0.05) is 6.07 Å². The number of imidazole rings is 1. The summed E-state index contributed by atoms with van der Waals surface area (Å²) >= 11 is 0. The van der Waals surface area contributed by atoms with Gasteiger partial charge in [-0.05, 0) is 17.7 Å². The molecule has 0 spiro atoms. The van der Waals surface area contributed by atoms with Crippen LogP contribution in [-0.4, -0.2) is 29.1 Å². The Kier molecular flexibility index (Phi) is 4.21. The van der Waals surface area contributed by atoms with Crippen molar-refractivity contribution in [3.63, 3.8) is 0 Å². The molecule has 1 aromatic carbocycles. The molecule has 1 aromatic heterocycles. The van der Waals surface area contributed by atoms with Gasteiger partial charge >= 0.3 is 11.9 Å². The molecule has 3 heterocycles. The van der Waals surface area contributed by atoms with Crippen LogP contribution in [0, 0.1) is 25.0 Å². The number of carbonyl (C=O) groups is 2. The van der Waals surface area contributed by atoms with Crippen LogP contribution in [0.5, 0.6) is 11.5 Å². The van der Waals surface area contributed by atoms with Crippen LogP contribution in [0.3, 0.4) is 0 Å². The van der Waals surface area contributed by atoms with Crippen LogP contribution in [-0.2, 0) is 26.1 Å². The number of rotatable bonds is 3. The zero-order chi connectivity index (χ0) is 21.1. The van der Waals surface area contributed by atoms with Crippen molar-refractivity contribution in [2.45, 2.75) is 39.4 Å². The fourth-order valence-corrected chi connectivity index (χ4v) is 3.80. The average molecular weight is 402 g/mol. The smallest absolute Gasteiger partial charge is 0.324 e. The molecule has 0 amide bonds. The van der Waals surface area contributed by atoms with Gasteiger partial charge in [-0.15, -0.1) is 0 Å². The van der Waals surface area contributed by atoms with Gasteiger partial charge in [0.25, 0.3) is 11.6 Å². The minimum atomic E-state index is -1.36. The first-order valence-corrected chi connectivity index (χ1v) is 9.21. The topological polar surface area (TPSA) is 103 Å². The number of ether oxygens (including phenoxy) is 4. The summed E-state index contributed by atoms with van der Waals surface area (Å²) < 4.78 is 23.9. The summed E-state index contributed by atoms with van der Waals surface area (Å²) in [5.41, 5.74) is 1.74. The number of hydrogen-bond donors (Lipinski definition) is 0. The number of benzene rings is 1. The molecule has 0 radical (unpaired) electrons. The van der Waals surface area contributed by atoms with Gasteiger partial charge in [0.05, 0.1) is 7.05 Å². The Morgan fingerprint density at radius 1 is 1.14 bits per heavy atom. The van der Waals surface area contributed by atoms with Crippen LogP contribution in [0.1, 0.15) is 42.5 Å². The predicted octanol–water partition coefficient (Wildman–Crippen LogP) is 1.59. The molecule has 1 atom stereocenters. The third kappa shape index (κ3) is 2.97. The molecule has 0 saturated carbocycles. The lowest BCUT2D eigenvalue weighted by Crippen LogP contribution is -2.50. The van der Waals surface area contributed by atoms with E-state index in [0.29, 0.717) is 22.8 Å². The minimum Gasteiger partial charge on any atom is -0.711 e. The quantitative estimate of drug-likeness (QED) is 0.332. The molecule has 2 aliphatic rings. The number of cyclic esters (lactones) is 2. The maximum Gasteiger partial charge on any atom is 0.324 e. The molecule has 1 fully saturated rings. The lowest BCUT2D eigenvalue weighted by atomic mass is 9.84. The molecular weight excluding hydrogens is 380 g/mol. The van der Waals surface area contributed by atoms with Crippen LogP contribution >= 0.6 is 0 Å². The third-order valence-corrected chi connectivity index (χ3v) is 5.45. The average Bonchev–Trinajstić information content (AvgIpc) is 3.17. The molecule has 1 saturated heterocycles. The largest absolute Gasteiger partial charge is 0.711 e. The van der Waals surface area contributed by atoms with E-state index >= 15 is 0 Å². The summed E-state index contributed by atoms with van der Waals surface area (Å²) in [7, 11) is 1.72. The van der Waals surface area contributed by atoms with Crippen LogP contribution in [0.25, 0.3) is 0 Å². The summed E-state index contributed by atoms with van der Waals surface area (Å²) in [4.78, 5) is 25.7. The minimum absolute atomic E-state index is 0.0785. The van der Waals surface area contributed by atoms with Gasteiger partial charge in [0.2, 0.25) is 6.79 Å². The van der Waals surface area contributed by atoms with Gasteiger partial charge in [0.15, 0.2) is 17.4 Å². The van der Waals surface area contributed by atoms with Gasteiger partial charge in [-0.3, -0.25) is 9.59 Å². The zero-order valence-electron chi connectivity index (χ0n) is 16.8. The molecule has 0 unspecified atom stereocenters. The molecular formula is C20H22N2O7. The summed E-state index contributed by atoms with van der Waals surface area (Å²) in [6.45, 7) is 6.53. The van der Waals surface area contributed by atoms with Crippen LogP contribution in [0.15, 0.2) is 18.2 Å². The Bertz CT molecular complexity index is 979. The third-order valence-electron chi connectivity index (χ3n) is 5.45. The Morgan fingerprint density at radius 3 is 2.34 bits per heavy atom. The van der Waals surface area contributed by atoms with Crippen molar-refractivity contribution in [2.75, 3.05) is 6.79 Å². The van der Waals surface area contributed by atoms with E-state index in [4.69, 9.17) is 18.9 Å². The Morgan fingerprint density at radius 2 is 1.76 bits per heavy atom. The van der Waals surface area contributed by atoms with E-state index in [1.54, 1.807) is 43.7 Å². The van der Waals surface area contributed by atoms with Gasteiger partial charge in [0, 0.05) is 27.7 Å². The number of carbonyl (C=O) groups excluding carboxylic acids is 2. The standard InChI is InChI=1S/C20H22N2O7/c1-10-11(2)22(25)17(21(10)5)15(12-6-7-13-14(8-12)27-9-26-13)16-18(23)28-20(3,4)29-19(16)24/h6-8,15-16H,9H2,1-5H3/t15-/m1/s1. The summed E-state index contributed by atoms with van der Waals surface area (Å²) in [6, 6.07) is 5.06. The van der Waals surface area contributed by atoms with Crippen LogP contribution in [0.2, 0.25) is 0 Å². The van der Waals surface area contributed by atoms with E-state index in [-0.39, 0.29) is 12.6 Å². The fourth-order valence-electron chi connectivity index (χ4n) is 3.80. The second kappa shape index (κ2) is 6.40. The first-order valence-electron chi connectivity index (χ1n) is 9.21. The van der Waals surface area contributed by atoms with E-state index in [1.165, 1.54) is 13.8 Å². The monoisotopic (exact) mass is 402 g/mol. The SMILES string of the molecule is Cc1c(C)[n+]([O-])c([C@H](c2ccc3c(c2)OCO3)C2C(=O)OC(C)(C)OC2=O)n1C.